The number of nitrogens with zero attached hydrogens (tertiary/aromatic N) is 2. The number of amides is 1. The molecular weight excluding hydrogens is 424 g/mol. The predicted octanol–water partition coefficient (Wildman–Crippen LogP) is 6.11. The molecule has 1 aliphatic rings. The predicted molar refractivity (Wildman–Crippen MR) is 122 cm³/mol. The maximum atomic E-state index is 12.6. The molecule has 0 bridgehead atoms. The van der Waals surface area contributed by atoms with Gasteiger partial charge in [-0.3, -0.25) is 14.5 Å². The third-order valence-electron chi connectivity index (χ3n) is 4.33. The van der Waals surface area contributed by atoms with Crippen molar-refractivity contribution in [3.63, 3.8) is 0 Å². The van der Waals surface area contributed by atoms with Crippen LogP contribution in [0.25, 0.3) is 17.2 Å². The van der Waals surface area contributed by atoms with Gasteiger partial charge in [-0.25, -0.2) is 4.99 Å². The number of aliphatic imine (C=N–C) groups is 1. The van der Waals surface area contributed by atoms with Crippen LogP contribution in [0.3, 0.4) is 0 Å². The highest BCUT2D eigenvalue weighted by Crippen LogP contribution is 2.35. The zero-order valence-electron chi connectivity index (χ0n) is 15.3. The zero-order valence-corrected chi connectivity index (χ0v) is 17.7. The van der Waals surface area contributed by atoms with Crippen LogP contribution in [0.4, 0.5) is 5.69 Å². The molecule has 3 aromatic rings. The molecule has 0 N–H and O–H groups in total. The number of likely N-dealkylation sites (N-methyl/N-ethyl adjacent to an activating group) is 1. The standard InChI is InChI=1S/C22H15ClN2O2S2/c1-25-21(27)20(29-22(25)24-18-8-6-17(23)7-9-18)11-19-10-16(13-28-19)15-4-2-14(12-26)3-5-15/h2-13H,1H3/b20-11-,24-22?. The normalized spacial score (nSPS) is 16.8. The Morgan fingerprint density at radius 2 is 1.76 bits per heavy atom. The molecule has 1 aliphatic heterocycles. The number of benzene rings is 2. The molecule has 4 rings (SSSR count). The first-order valence-corrected chi connectivity index (χ1v) is 10.8. The summed E-state index contributed by atoms with van der Waals surface area (Å²) in [6.45, 7) is 0. The molecule has 1 fully saturated rings. The van der Waals surface area contributed by atoms with Gasteiger partial charge in [0.05, 0.1) is 10.6 Å². The molecule has 1 aromatic heterocycles. The van der Waals surface area contributed by atoms with Gasteiger partial charge in [0.25, 0.3) is 5.91 Å². The van der Waals surface area contributed by atoms with E-state index in [4.69, 9.17) is 11.6 Å². The molecule has 0 atom stereocenters. The molecule has 2 heterocycles. The Labute approximate surface area is 181 Å². The Hall–Kier alpha value is -2.67. The van der Waals surface area contributed by atoms with Crippen molar-refractivity contribution in [1.82, 2.24) is 4.90 Å². The van der Waals surface area contributed by atoms with Crippen molar-refractivity contribution in [3.05, 3.63) is 80.3 Å². The highest BCUT2D eigenvalue weighted by atomic mass is 35.5. The second-order valence-electron chi connectivity index (χ2n) is 6.32. The summed E-state index contributed by atoms with van der Waals surface area (Å²) in [4.78, 5) is 31.1. The SMILES string of the molecule is CN1C(=O)/C(=C/c2cc(-c3ccc(C=O)cc3)cs2)SC1=Nc1ccc(Cl)cc1. The Balaban J connectivity index is 1.56. The number of thioether (sulfide) groups is 1. The third-order valence-corrected chi connectivity index (χ3v) is 6.52. The maximum absolute atomic E-state index is 12.6. The van der Waals surface area contributed by atoms with Crippen molar-refractivity contribution in [2.45, 2.75) is 0 Å². The summed E-state index contributed by atoms with van der Waals surface area (Å²) in [5, 5.41) is 3.32. The molecule has 2 aromatic carbocycles. The molecule has 0 radical (unpaired) electrons. The van der Waals surface area contributed by atoms with Crippen molar-refractivity contribution in [1.29, 1.82) is 0 Å². The highest BCUT2D eigenvalue weighted by Gasteiger charge is 2.30. The van der Waals surface area contributed by atoms with Gasteiger partial charge in [0.1, 0.15) is 6.29 Å². The molecule has 4 nitrogen and oxygen atoms in total. The second-order valence-corrected chi connectivity index (χ2v) is 8.71. The number of thiophene rings is 1. The van der Waals surface area contributed by atoms with E-state index in [0.717, 1.165) is 28.0 Å². The van der Waals surface area contributed by atoms with E-state index in [1.165, 1.54) is 11.8 Å². The Morgan fingerprint density at radius 1 is 1.03 bits per heavy atom. The monoisotopic (exact) mass is 438 g/mol. The largest absolute Gasteiger partial charge is 0.298 e. The second kappa shape index (κ2) is 8.37. The van der Waals surface area contributed by atoms with Gasteiger partial charge in [-0.1, -0.05) is 35.9 Å². The summed E-state index contributed by atoms with van der Waals surface area (Å²) in [5.74, 6) is -0.0759. The highest BCUT2D eigenvalue weighted by molar-refractivity contribution is 8.18. The van der Waals surface area contributed by atoms with Crippen LogP contribution < -0.4 is 0 Å². The van der Waals surface area contributed by atoms with Gasteiger partial charge in [0, 0.05) is 22.5 Å². The van der Waals surface area contributed by atoms with Crippen LogP contribution in [0, 0.1) is 0 Å². The van der Waals surface area contributed by atoms with Crippen molar-refractivity contribution in [2.24, 2.45) is 4.99 Å². The van der Waals surface area contributed by atoms with Crippen molar-refractivity contribution >= 4 is 63.8 Å². The first kappa shape index (κ1) is 19.6. The van der Waals surface area contributed by atoms with E-state index in [2.05, 4.69) is 4.99 Å². The Morgan fingerprint density at radius 3 is 2.45 bits per heavy atom. The minimum absolute atomic E-state index is 0.0759. The third kappa shape index (κ3) is 4.34. The zero-order chi connectivity index (χ0) is 20.4. The quantitative estimate of drug-likeness (QED) is 0.364. The van der Waals surface area contributed by atoms with E-state index < -0.39 is 0 Å². The fourth-order valence-electron chi connectivity index (χ4n) is 2.74. The van der Waals surface area contributed by atoms with E-state index in [-0.39, 0.29) is 5.91 Å². The molecular formula is C22H15ClN2O2S2. The van der Waals surface area contributed by atoms with E-state index in [1.807, 2.05) is 41.8 Å². The number of hydrogen-bond donors (Lipinski definition) is 0. The fourth-order valence-corrected chi connectivity index (χ4v) is 4.77. The number of rotatable bonds is 4. The van der Waals surface area contributed by atoms with Gasteiger partial charge in [0.2, 0.25) is 0 Å². The van der Waals surface area contributed by atoms with Crippen LogP contribution in [-0.2, 0) is 4.79 Å². The molecule has 1 saturated heterocycles. The van der Waals surface area contributed by atoms with Crippen molar-refractivity contribution < 1.29 is 9.59 Å². The summed E-state index contributed by atoms with van der Waals surface area (Å²) in [7, 11) is 1.72. The van der Waals surface area contributed by atoms with E-state index in [1.54, 1.807) is 47.5 Å². The average molecular weight is 439 g/mol. The van der Waals surface area contributed by atoms with Crippen molar-refractivity contribution in [2.75, 3.05) is 7.05 Å². The average Bonchev–Trinajstić information content (AvgIpc) is 3.31. The maximum Gasteiger partial charge on any atom is 0.266 e. The minimum atomic E-state index is -0.0759. The Bertz CT molecular complexity index is 1130. The number of hydrogen-bond acceptors (Lipinski definition) is 5. The van der Waals surface area contributed by atoms with Crippen LogP contribution in [0.15, 0.2) is 69.9 Å². The van der Waals surface area contributed by atoms with Gasteiger partial charge in [-0.2, -0.15) is 0 Å². The summed E-state index contributed by atoms with van der Waals surface area (Å²) in [6.07, 6.45) is 2.72. The lowest BCUT2D eigenvalue weighted by molar-refractivity contribution is -0.121. The summed E-state index contributed by atoms with van der Waals surface area (Å²) < 4.78 is 0. The first-order valence-electron chi connectivity index (χ1n) is 8.69. The molecule has 7 heteroatoms. The molecule has 0 saturated carbocycles. The smallest absolute Gasteiger partial charge is 0.266 e. The number of aldehydes is 1. The fraction of sp³-hybridized carbons (Fsp3) is 0.0455. The summed E-state index contributed by atoms with van der Waals surface area (Å²) in [6, 6.07) is 16.6. The molecule has 1 amide bonds. The number of carbonyl (C=O) groups is 2. The number of amidine groups is 1. The lowest BCUT2D eigenvalue weighted by atomic mass is 10.1. The van der Waals surface area contributed by atoms with Gasteiger partial charge >= 0.3 is 0 Å². The van der Waals surface area contributed by atoms with Crippen LogP contribution in [0.2, 0.25) is 5.02 Å². The van der Waals surface area contributed by atoms with Gasteiger partial charge < -0.3 is 0 Å². The van der Waals surface area contributed by atoms with E-state index in [0.29, 0.717) is 20.7 Å². The lowest BCUT2D eigenvalue weighted by Crippen LogP contribution is -2.23. The van der Waals surface area contributed by atoms with Gasteiger partial charge in [-0.15, -0.1) is 11.3 Å². The Kier molecular flexibility index (Phi) is 5.67. The van der Waals surface area contributed by atoms with Crippen LogP contribution in [0.1, 0.15) is 15.2 Å². The molecule has 29 heavy (non-hydrogen) atoms. The van der Waals surface area contributed by atoms with Crippen LogP contribution in [-0.4, -0.2) is 29.3 Å². The first-order chi connectivity index (χ1) is 14.0. The lowest BCUT2D eigenvalue weighted by Gasteiger charge is -2.06. The summed E-state index contributed by atoms with van der Waals surface area (Å²) >= 11 is 8.83. The van der Waals surface area contributed by atoms with Gasteiger partial charge in [0.15, 0.2) is 5.17 Å². The van der Waals surface area contributed by atoms with Gasteiger partial charge in [-0.05, 0) is 64.7 Å². The van der Waals surface area contributed by atoms with Crippen LogP contribution >= 0.6 is 34.7 Å². The topological polar surface area (TPSA) is 49.7 Å². The minimum Gasteiger partial charge on any atom is -0.298 e. The number of carbonyl (C=O) groups excluding carboxylic acids is 2. The van der Waals surface area contributed by atoms with E-state index >= 15 is 0 Å². The molecule has 0 spiro atoms. The van der Waals surface area contributed by atoms with E-state index in [9.17, 15) is 9.59 Å². The molecule has 0 aliphatic carbocycles. The summed E-state index contributed by atoms with van der Waals surface area (Å²) in [5.41, 5.74) is 3.48. The molecule has 144 valence electrons. The van der Waals surface area contributed by atoms with Crippen molar-refractivity contribution in [3.8, 4) is 11.1 Å². The van der Waals surface area contributed by atoms with Crippen LogP contribution in [0.5, 0.6) is 0 Å². The number of halogens is 1. The molecule has 0 unspecified atom stereocenters.